The van der Waals surface area contributed by atoms with Gasteiger partial charge in [0.15, 0.2) is 6.10 Å². The number of rotatable bonds is 7. The molecule has 0 aliphatic heterocycles. The van der Waals surface area contributed by atoms with E-state index in [4.69, 9.17) is 13.9 Å². The molecule has 1 heterocycles. The molecule has 0 saturated heterocycles. The molecule has 6 heteroatoms. The summed E-state index contributed by atoms with van der Waals surface area (Å²) in [7, 11) is 0. The fourth-order valence-electron chi connectivity index (χ4n) is 2.37. The predicted molar refractivity (Wildman–Crippen MR) is 101 cm³/mol. The van der Waals surface area contributed by atoms with Gasteiger partial charge in [0.1, 0.15) is 5.75 Å². The number of aromatic nitrogens is 2. The van der Waals surface area contributed by atoms with E-state index < -0.39 is 12.1 Å². The average molecular weight is 364 g/mol. The van der Waals surface area contributed by atoms with Gasteiger partial charge in [0.2, 0.25) is 5.89 Å². The molecule has 3 aromatic rings. The van der Waals surface area contributed by atoms with Gasteiger partial charge in [-0.05, 0) is 49.8 Å². The molecule has 0 radical (unpaired) electrons. The average Bonchev–Trinajstić information content (AvgIpc) is 3.19. The number of hydrogen-bond acceptors (Lipinski definition) is 6. The Kier molecular flexibility index (Phi) is 5.99. The van der Waals surface area contributed by atoms with Crippen LogP contribution in [0, 0.1) is 0 Å². The highest BCUT2D eigenvalue weighted by molar-refractivity contribution is 5.87. The van der Waals surface area contributed by atoms with Gasteiger partial charge in [-0.2, -0.15) is 0 Å². The van der Waals surface area contributed by atoms with Gasteiger partial charge in [0, 0.05) is 11.6 Å². The Bertz CT molecular complexity index is 901. The zero-order valence-electron chi connectivity index (χ0n) is 15.2. The second-order valence-electron chi connectivity index (χ2n) is 5.73. The van der Waals surface area contributed by atoms with Crippen molar-refractivity contribution >= 4 is 12.0 Å². The maximum absolute atomic E-state index is 12.0. The molecule has 0 N–H and O–H groups in total. The maximum Gasteiger partial charge on any atom is 0.331 e. The lowest BCUT2D eigenvalue weighted by atomic mass is 10.2. The molecule has 0 spiro atoms. The van der Waals surface area contributed by atoms with Crippen molar-refractivity contribution < 1.29 is 18.7 Å². The van der Waals surface area contributed by atoms with Crippen LogP contribution in [0.2, 0.25) is 0 Å². The third-order valence-corrected chi connectivity index (χ3v) is 3.71. The van der Waals surface area contributed by atoms with E-state index in [1.165, 1.54) is 6.08 Å². The molecule has 0 aliphatic carbocycles. The minimum Gasteiger partial charge on any atom is -0.494 e. The molecule has 27 heavy (non-hydrogen) atoms. The van der Waals surface area contributed by atoms with Crippen molar-refractivity contribution in [2.24, 2.45) is 0 Å². The Morgan fingerprint density at radius 2 is 1.85 bits per heavy atom. The Morgan fingerprint density at radius 1 is 1.11 bits per heavy atom. The number of benzene rings is 2. The lowest BCUT2D eigenvalue weighted by Gasteiger charge is -2.07. The highest BCUT2D eigenvalue weighted by Crippen LogP contribution is 2.22. The Morgan fingerprint density at radius 3 is 2.56 bits per heavy atom. The van der Waals surface area contributed by atoms with E-state index >= 15 is 0 Å². The molecule has 0 aliphatic rings. The van der Waals surface area contributed by atoms with Crippen molar-refractivity contribution in [2.45, 2.75) is 20.0 Å². The van der Waals surface area contributed by atoms with Gasteiger partial charge < -0.3 is 13.9 Å². The first kappa shape index (κ1) is 18.4. The molecule has 1 atom stereocenters. The summed E-state index contributed by atoms with van der Waals surface area (Å²) in [6.45, 7) is 4.23. The monoisotopic (exact) mass is 364 g/mol. The van der Waals surface area contributed by atoms with Crippen molar-refractivity contribution in [1.82, 2.24) is 10.2 Å². The van der Waals surface area contributed by atoms with E-state index in [1.807, 2.05) is 61.5 Å². The van der Waals surface area contributed by atoms with Crippen LogP contribution < -0.4 is 4.74 Å². The van der Waals surface area contributed by atoms with E-state index in [-0.39, 0.29) is 5.89 Å². The standard InChI is InChI=1S/C21H20N2O4/c1-3-25-18-12-9-16(10-13-18)11-14-19(24)26-15(2)20-22-23-21(27-20)17-7-5-4-6-8-17/h4-15H,3H2,1-2H3/b14-11+/t15-/m0/s1. The van der Waals surface area contributed by atoms with Crippen LogP contribution in [0.1, 0.15) is 31.4 Å². The van der Waals surface area contributed by atoms with E-state index in [0.717, 1.165) is 16.9 Å². The number of esters is 1. The zero-order valence-corrected chi connectivity index (χ0v) is 15.2. The molecule has 2 aromatic carbocycles. The van der Waals surface area contributed by atoms with Crippen LogP contribution in [0.15, 0.2) is 65.1 Å². The lowest BCUT2D eigenvalue weighted by molar-refractivity contribution is -0.143. The van der Waals surface area contributed by atoms with Gasteiger partial charge >= 0.3 is 5.97 Å². The van der Waals surface area contributed by atoms with Crippen molar-refractivity contribution in [3.05, 3.63) is 72.1 Å². The molecule has 0 amide bonds. The molecule has 0 saturated carbocycles. The second-order valence-corrected chi connectivity index (χ2v) is 5.73. The van der Waals surface area contributed by atoms with E-state index in [0.29, 0.717) is 12.5 Å². The van der Waals surface area contributed by atoms with Crippen LogP contribution in [0.5, 0.6) is 5.75 Å². The lowest BCUT2D eigenvalue weighted by Crippen LogP contribution is -2.06. The van der Waals surface area contributed by atoms with Gasteiger partial charge in [0.05, 0.1) is 6.61 Å². The highest BCUT2D eigenvalue weighted by Gasteiger charge is 2.17. The normalized spacial score (nSPS) is 12.1. The molecule has 0 fully saturated rings. The van der Waals surface area contributed by atoms with E-state index in [2.05, 4.69) is 10.2 Å². The second kappa shape index (κ2) is 8.80. The number of nitrogens with zero attached hydrogens (tertiary/aromatic N) is 2. The first-order valence-corrected chi connectivity index (χ1v) is 8.66. The van der Waals surface area contributed by atoms with Gasteiger partial charge in [-0.1, -0.05) is 30.3 Å². The van der Waals surface area contributed by atoms with E-state index in [1.54, 1.807) is 13.0 Å². The first-order valence-electron chi connectivity index (χ1n) is 8.66. The van der Waals surface area contributed by atoms with Crippen LogP contribution >= 0.6 is 0 Å². The smallest absolute Gasteiger partial charge is 0.331 e. The molecule has 0 unspecified atom stereocenters. The summed E-state index contributed by atoms with van der Waals surface area (Å²) in [4.78, 5) is 12.0. The minimum atomic E-state index is -0.646. The third kappa shape index (κ3) is 5.04. The Labute approximate surface area is 157 Å². The van der Waals surface area contributed by atoms with Gasteiger partial charge in [-0.15, -0.1) is 10.2 Å². The largest absolute Gasteiger partial charge is 0.494 e. The first-order chi connectivity index (χ1) is 13.2. The quantitative estimate of drug-likeness (QED) is 0.455. The van der Waals surface area contributed by atoms with Crippen molar-refractivity contribution in [2.75, 3.05) is 6.61 Å². The molecule has 138 valence electrons. The summed E-state index contributed by atoms with van der Waals surface area (Å²) in [6.07, 6.45) is 2.39. The summed E-state index contributed by atoms with van der Waals surface area (Å²) in [5.41, 5.74) is 1.68. The Hall–Kier alpha value is -3.41. The Balaban J connectivity index is 1.58. The fraction of sp³-hybridized carbons (Fsp3) is 0.190. The van der Waals surface area contributed by atoms with Crippen LogP contribution in [-0.4, -0.2) is 22.8 Å². The summed E-state index contributed by atoms with van der Waals surface area (Å²) >= 11 is 0. The highest BCUT2D eigenvalue weighted by atomic mass is 16.6. The molecule has 1 aromatic heterocycles. The molecular weight excluding hydrogens is 344 g/mol. The predicted octanol–water partition coefficient (Wildman–Crippen LogP) is 4.45. The van der Waals surface area contributed by atoms with Crippen molar-refractivity contribution in [1.29, 1.82) is 0 Å². The zero-order chi connectivity index (χ0) is 19.1. The molecular formula is C21H20N2O4. The summed E-state index contributed by atoms with van der Waals surface area (Å²) in [5, 5.41) is 7.95. The van der Waals surface area contributed by atoms with Crippen LogP contribution in [-0.2, 0) is 9.53 Å². The number of carbonyl (C=O) groups excluding carboxylic acids is 1. The van der Waals surface area contributed by atoms with Crippen LogP contribution in [0.3, 0.4) is 0 Å². The van der Waals surface area contributed by atoms with Crippen molar-refractivity contribution in [3.63, 3.8) is 0 Å². The summed E-state index contributed by atoms with van der Waals surface area (Å²) in [5.74, 6) is 0.933. The summed E-state index contributed by atoms with van der Waals surface area (Å²) < 4.78 is 16.3. The maximum atomic E-state index is 12.0. The van der Waals surface area contributed by atoms with Crippen LogP contribution in [0.4, 0.5) is 0 Å². The SMILES string of the molecule is CCOc1ccc(/C=C/C(=O)O[C@@H](C)c2nnc(-c3ccccc3)o2)cc1. The number of hydrogen-bond donors (Lipinski definition) is 0. The topological polar surface area (TPSA) is 74.5 Å². The summed E-state index contributed by atoms with van der Waals surface area (Å²) in [6, 6.07) is 16.8. The third-order valence-electron chi connectivity index (χ3n) is 3.71. The number of ether oxygens (including phenoxy) is 2. The van der Waals surface area contributed by atoms with Gasteiger partial charge in [-0.3, -0.25) is 0 Å². The van der Waals surface area contributed by atoms with Crippen molar-refractivity contribution in [3.8, 4) is 17.2 Å². The molecule has 6 nitrogen and oxygen atoms in total. The van der Waals surface area contributed by atoms with Gasteiger partial charge in [0.25, 0.3) is 5.89 Å². The van der Waals surface area contributed by atoms with E-state index in [9.17, 15) is 4.79 Å². The number of carbonyl (C=O) groups is 1. The fourth-order valence-corrected chi connectivity index (χ4v) is 2.37. The van der Waals surface area contributed by atoms with Crippen LogP contribution in [0.25, 0.3) is 17.5 Å². The van der Waals surface area contributed by atoms with Gasteiger partial charge in [-0.25, -0.2) is 4.79 Å². The molecule has 3 rings (SSSR count). The minimum absolute atomic E-state index is 0.247. The molecule has 0 bridgehead atoms.